The van der Waals surface area contributed by atoms with E-state index in [1.54, 1.807) is 12.1 Å². The molecule has 1 amide bonds. The third-order valence-corrected chi connectivity index (χ3v) is 4.36. The number of amides is 1. The van der Waals surface area contributed by atoms with Crippen LogP contribution in [0.4, 0.5) is 5.69 Å². The van der Waals surface area contributed by atoms with Crippen molar-refractivity contribution >= 4 is 27.5 Å². The van der Waals surface area contributed by atoms with Crippen molar-refractivity contribution in [3.05, 3.63) is 58.6 Å². The summed E-state index contributed by atoms with van der Waals surface area (Å²) in [6, 6.07) is 14.1. The van der Waals surface area contributed by atoms with Crippen LogP contribution in [-0.4, -0.2) is 17.1 Å². The number of hydrogen-bond donors (Lipinski definition) is 4. The lowest BCUT2D eigenvalue weighted by atomic mass is 10.0. The van der Waals surface area contributed by atoms with Crippen LogP contribution in [0.2, 0.25) is 0 Å². The number of aromatic hydroxyl groups is 1. The molecule has 1 heterocycles. The molecule has 6 heteroatoms. The average Bonchev–Trinajstić information content (AvgIpc) is 3.00. The predicted octanol–water partition coefficient (Wildman–Crippen LogP) is 2.70. The zero-order chi connectivity index (χ0) is 15.5. The number of carbonyl (C=O) groups is 1. The van der Waals surface area contributed by atoms with Crippen LogP contribution in [0.3, 0.4) is 0 Å². The summed E-state index contributed by atoms with van der Waals surface area (Å²) in [5.41, 5.74) is 7.57. The first-order valence-electron chi connectivity index (χ1n) is 6.99. The molecule has 3 rings (SSSR count). The van der Waals surface area contributed by atoms with Crippen molar-refractivity contribution in [3.63, 3.8) is 0 Å². The molecule has 1 saturated heterocycles. The number of phenolic OH excluding ortho intramolecular Hbond substituents is 1. The molecule has 2 aromatic rings. The summed E-state index contributed by atoms with van der Waals surface area (Å²) in [5.74, 6) is 0.117. The van der Waals surface area contributed by atoms with Crippen LogP contribution in [0.1, 0.15) is 18.0 Å². The van der Waals surface area contributed by atoms with Gasteiger partial charge in [-0.3, -0.25) is 4.79 Å². The number of rotatable bonds is 3. The fourth-order valence-corrected chi connectivity index (χ4v) is 2.88. The second kappa shape index (κ2) is 6.48. The largest absolute Gasteiger partial charge is 0.508 e. The second-order valence-electron chi connectivity index (χ2n) is 5.16. The average molecular weight is 362 g/mol. The molecule has 114 valence electrons. The summed E-state index contributed by atoms with van der Waals surface area (Å²) in [6.07, 6.45) is 0.563. The Kier molecular flexibility index (Phi) is 4.42. The first kappa shape index (κ1) is 15.0. The van der Waals surface area contributed by atoms with Gasteiger partial charge in [-0.15, -0.1) is 0 Å². The Labute approximate surface area is 136 Å². The maximum absolute atomic E-state index is 12.3. The zero-order valence-corrected chi connectivity index (χ0v) is 13.3. The molecule has 0 saturated carbocycles. The van der Waals surface area contributed by atoms with Gasteiger partial charge in [-0.1, -0.05) is 30.3 Å². The van der Waals surface area contributed by atoms with E-state index in [0.717, 1.165) is 15.7 Å². The highest BCUT2D eigenvalue weighted by Crippen LogP contribution is 2.29. The van der Waals surface area contributed by atoms with Gasteiger partial charge in [0, 0.05) is 10.0 Å². The maximum atomic E-state index is 12.3. The van der Waals surface area contributed by atoms with Crippen molar-refractivity contribution in [1.29, 1.82) is 0 Å². The number of hydrazine groups is 1. The van der Waals surface area contributed by atoms with E-state index in [4.69, 9.17) is 0 Å². The first-order chi connectivity index (χ1) is 10.6. The molecule has 22 heavy (non-hydrogen) atoms. The Morgan fingerprint density at radius 2 is 1.86 bits per heavy atom. The van der Waals surface area contributed by atoms with E-state index in [-0.39, 0.29) is 23.7 Å². The van der Waals surface area contributed by atoms with E-state index < -0.39 is 0 Å². The Morgan fingerprint density at radius 1 is 1.14 bits per heavy atom. The molecule has 0 radical (unpaired) electrons. The molecule has 2 aromatic carbocycles. The Hall–Kier alpha value is -1.89. The summed E-state index contributed by atoms with van der Waals surface area (Å²) in [4.78, 5) is 12.3. The fourth-order valence-electron chi connectivity index (χ4n) is 2.50. The number of hydrogen-bond acceptors (Lipinski definition) is 4. The van der Waals surface area contributed by atoms with E-state index in [1.807, 2.05) is 36.4 Å². The smallest absolute Gasteiger partial charge is 0.242 e. The number of halogens is 1. The van der Waals surface area contributed by atoms with Gasteiger partial charge in [0.1, 0.15) is 11.8 Å². The molecular weight excluding hydrogens is 346 g/mol. The summed E-state index contributed by atoms with van der Waals surface area (Å²) < 4.78 is 0.839. The minimum atomic E-state index is -0.364. The van der Waals surface area contributed by atoms with E-state index >= 15 is 0 Å². The highest BCUT2D eigenvalue weighted by molar-refractivity contribution is 9.10. The summed E-state index contributed by atoms with van der Waals surface area (Å²) in [6.45, 7) is 0. The SMILES string of the molecule is O=C(Nc1ccccc1Br)C1CC(c2ccccc2O)NN1. The minimum absolute atomic E-state index is 0.101. The molecule has 0 spiro atoms. The number of carbonyl (C=O) groups excluding carboxylic acids is 1. The highest BCUT2D eigenvalue weighted by atomic mass is 79.9. The van der Waals surface area contributed by atoms with Crippen LogP contribution in [0.25, 0.3) is 0 Å². The van der Waals surface area contributed by atoms with Crippen molar-refractivity contribution in [1.82, 2.24) is 10.9 Å². The number of phenols is 1. The molecular formula is C16H16BrN3O2. The Bertz CT molecular complexity index is 693. The lowest BCUT2D eigenvalue weighted by molar-refractivity contribution is -0.117. The molecule has 1 aliphatic heterocycles. The minimum Gasteiger partial charge on any atom is -0.508 e. The monoisotopic (exact) mass is 361 g/mol. The van der Waals surface area contributed by atoms with Crippen LogP contribution >= 0.6 is 15.9 Å². The first-order valence-corrected chi connectivity index (χ1v) is 7.79. The van der Waals surface area contributed by atoms with Crippen LogP contribution in [0.5, 0.6) is 5.75 Å². The van der Waals surface area contributed by atoms with E-state index in [1.165, 1.54) is 0 Å². The molecule has 2 unspecified atom stereocenters. The fraction of sp³-hybridized carbons (Fsp3) is 0.188. The van der Waals surface area contributed by atoms with Gasteiger partial charge in [-0.25, -0.2) is 10.9 Å². The van der Waals surface area contributed by atoms with E-state index in [9.17, 15) is 9.90 Å². The van der Waals surface area contributed by atoms with E-state index in [0.29, 0.717) is 6.42 Å². The molecule has 0 bridgehead atoms. The number of para-hydroxylation sites is 2. The lowest BCUT2D eigenvalue weighted by Gasteiger charge is -2.12. The molecule has 1 fully saturated rings. The molecule has 0 aliphatic carbocycles. The van der Waals surface area contributed by atoms with Gasteiger partial charge < -0.3 is 10.4 Å². The van der Waals surface area contributed by atoms with Gasteiger partial charge in [0.05, 0.1) is 11.7 Å². The van der Waals surface area contributed by atoms with Crippen molar-refractivity contribution in [2.45, 2.75) is 18.5 Å². The summed E-state index contributed by atoms with van der Waals surface area (Å²) >= 11 is 3.41. The van der Waals surface area contributed by atoms with Crippen molar-refractivity contribution < 1.29 is 9.90 Å². The summed E-state index contributed by atoms with van der Waals surface area (Å²) in [7, 11) is 0. The molecule has 2 atom stereocenters. The van der Waals surface area contributed by atoms with Crippen LogP contribution in [-0.2, 0) is 4.79 Å². The maximum Gasteiger partial charge on any atom is 0.242 e. The zero-order valence-electron chi connectivity index (χ0n) is 11.7. The topological polar surface area (TPSA) is 73.4 Å². The van der Waals surface area contributed by atoms with Crippen LogP contribution in [0.15, 0.2) is 53.0 Å². The normalized spacial score (nSPS) is 20.8. The third kappa shape index (κ3) is 3.14. The molecule has 1 aliphatic rings. The predicted molar refractivity (Wildman–Crippen MR) is 88.3 cm³/mol. The molecule has 4 N–H and O–H groups in total. The quantitative estimate of drug-likeness (QED) is 0.678. The van der Waals surface area contributed by atoms with Crippen LogP contribution < -0.4 is 16.2 Å². The van der Waals surface area contributed by atoms with E-state index in [2.05, 4.69) is 32.1 Å². The van der Waals surface area contributed by atoms with Crippen molar-refractivity contribution in [3.8, 4) is 5.75 Å². The highest BCUT2D eigenvalue weighted by Gasteiger charge is 2.31. The number of anilines is 1. The van der Waals surface area contributed by atoms with Crippen LogP contribution in [0, 0.1) is 0 Å². The number of nitrogens with one attached hydrogen (secondary N) is 3. The number of benzene rings is 2. The Morgan fingerprint density at radius 3 is 2.64 bits per heavy atom. The van der Waals surface area contributed by atoms with Gasteiger partial charge in [-0.2, -0.15) is 0 Å². The van der Waals surface area contributed by atoms with Crippen molar-refractivity contribution in [2.75, 3.05) is 5.32 Å². The molecule has 5 nitrogen and oxygen atoms in total. The van der Waals surface area contributed by atoms with Gasteiger partial charge in [-0.05, 0) is 40.5 Å². The Balaban J connectivity index is 1.67. The van der Waals surface area contributed by atoms with Gasteiger partial charge >= 0.3 is 0 Å². The van der Waals surface area contributed by atoms with Gasteiger partial charge in [0.25, 0.3) is 0 Å². The molecule has 0 aromatic heterocycles. The standard InChI is InChI=1S/C16H16BrN3O2/c17-11-6-2-3-7-12(11)18-16(22)14-9-13(19-20-14)10-5-1-4-8-15(10)21/h1-8,13-14,19-21H,9H2,(H,18,22). The third-order valence-electron chi connectivity index (χ3n) is 3.66. The van der Waals surface area contributed by atoms with Gasteiger partial charge in [0.2, 0.25) is 5.91 Å². The second-order valence-corrected chi connectivity index (χ2v) is 6.01. The summed E-state index contributed by atoms with van der Waals surface area (Å²) in [5, 5.41) is 12.8. The van der Waals surface area contributed by atoms with Crippen molar-refractivity contribution in [2.24, 2.45) is 0 Å². The lowest BCUT2D eigenvalue weighted by Crippen LogP contribution is -2.39. The van der Waals surface area contributed by atoms with Gasteiger partial charge in [0.15, 0.2) is 0 Å².